The third kappa shape index (κ3) is 1.97. The second-order valence-electron chi connectivity index (χ2n) is 3.47. The summed E-state index contributed by atoms with van der Waals surface area (Å²) in [6.07, 6.45) is 0. The van der Waals surface area contributed by atoms with Crippen LogP contribution < -0.4 is 4.74 Å². The molecule has 0 bridgehead atoms. The molecule has 1 aromatic carbocycles. The van der Waals surface area contributed by atoms with Crippen molar-refractivity contribution in [2.75, 3.05) is 14.2 Å². The van der Waals surface area contributed by atoms with Crippen LogP contribution >= 0.6 is 11.6 Å². The van der Waals surface area contributed by atoms with Crippen LogP contribution in [0, 0.1) is 5.82 Å². The monoisotopic (exact) mass is 269 g/mol. The Hall–Kier alpha value is -1.88. The molecular formula is C12H9ClFNO3. The van der Waals surface area contributed by atoms with Gasteiger partial charge in [-0.1, -0.05) is 11.6 Å². The van der Waals surface area contributed by atoms with Crippen molar-refractivity contribution in [2.45, 2.75) is 0 Å². The zero-order valence-corrected chi connectivity index (χ0v) is 10.4. The van der Waals surface area contributed by atoms with Gasteiger partial charge in [0.1, 0.15) is 0 Å². The van der Waals surface area contributed by atoms with E-state index in [2.05, 4.69) is 9.72 Å². The fourth-order valence-corrected chi connectivity index (χ4v) is 1.80. The number of fused-ring (bicyclic) bond motifs is 1. The Balaban J connectivity index is 2.72. The van der Waals surface area contributed by atoms with Gasteiger partial charge in [0, 0.05) is 5.39 Å². The number of benzene rings is 1. The highest BCUT2D eigenvalue weighted by atomic mass is 35.5. The Morgan fingerprint density at radius 3 is 2.72 bits per heavy atom. The normalized spacial score (nSPS) is 10.4. The Morgan fingerprint density at radius 2 is 2.11 bits per heavy atom. The third-order valence-electron chi connectivity index (χ3n) is 2.47. The molecule has 0 N–H and O–H groups in total. The molecule has 0 atom stereocenters. The van der Waals surface area contributed by atoms with Crippen LogP contribution in [-0.2, 0) is 4.74 Å². The van der Waals surface area contributed by atoms with Crippen molar-refractivity contribution >= 4 is 28.5 Å². The molecule has 94 valence electrons. The lowest BCUT2D eigenvalue weighted by atomic mass is 10.1. The molecule has 4 nitrogen and oxygen atoms in total. The molecule has 1 heterocycles. The van der Waals surface area contributed by atoms with Crippen LogP contribution in [0.25, 0.3) is 10.9 Å². The smallest absolute Gasteiger partial charge is 0.337 e. The van der Waals surface area contributed by atoms with Crippen LogP contribution in [0.1, 0.15) is 10.4 Å². The van der Waals surface area contributed by atoms with E-state index >= 15 is 0 Å². The summed E-state index contributed by atoms with van der Waals surface area (Å²) in [6, 6.07) is 4.51. The lowest BCUT2D eigenvalue weighted by Gasteiger charge is -2.08. The van der Waals surface area contributed by atoms with Crippen molar-refractivity contribution in [1.29, 1.82) is 0 Å². The van der Waals surface area contributed by atoms with Crippen molar-refractivity contribution in [2.24, 2.45) is 0 Å². The molecule has 0 aliphatic rings. The summed E-state index contributed by atoms with van der Waals surface area (Å²) in [6.45, 7) is 0. The average molecular weight is 270 g/mol. The van der Waals surface area contributed by atoms with Crippen LogP contribution in [0.15, 0.2) is 18.2 Å². The predicted molar refractivity (Wildman–Crippen MR) is 64.6 cm³/mol. The van der Waals surface area contributed by atoms with Crippen molar-refractivity contribution < 1.29 is 18.7 Å². The Kier molecular flexibility index (Phi) is 3.34. The number of pyridine rings is 1. The zero-order valence-electron chi connectivity index (χ0n) is 9.66. The number of rotatable bonds is 2. The van der Waals surface area contributed by atoms with E-state index in [4.69, 9.17) is 16.3 Å². The minimum Gasteiger partial charge on any atom is -0.493 e. The van der Waals surface area contributed by atoms with Gasteiger partial charge in [-0.05, 0) is 18.2 Å². The van der Waals surface area contributed by atoms with E-state index < -0.39 is 11.8 Å². The van der Waals surface area contributed by atoms with Crippen molar-refractivity contribution in [3.63, 3.8) is 0 Å². The predicted octanol–water partition coefficient (Wildman–Crippen LogP) is 2.82. The average Bonchev–Trinajstić information content (AvgIpc) is 2.39. The molecule has 2 rings (SSSR count). The number of hydrogen-bond acceptors (Lipinski definition) is 4. The summed E-state index contributed by atoms with van der Waals surface area (Å²) in [5, 5.41) is 0.133. The van der Waals surface area contributed by atoms with Crippen LogP contribution in [0.2, 0.25) is 5.15 Å². The number of hydrogen-bond donors (Lipinski definition) is 0. The molecule has 18 heavy (non-hydrogen) atoms. The molecule has 6 heteroatoms. The standard InChI is InChI=1S/C12H9ClFNO3/c1-17-10-7-4-3-6(12(16)18-2)5-8(7)15-11(13)9(10)14/h3-5H,1-2H3. The first-order valence-electron chi connectivity index (χ1n) is 4.99. The highest BCUT2D eigenvalue weighted by Gasteiger charge is 2.16. The molecular weight excluding hydrogens is 261 g/mol. The number of esters is 1. The molecule has 0 fully saturated rings. The summed E-state index contributed by atoms with van der Waals surface area (Å²) in [4.78, 5) is 15.2. The molecule has 0 saturated heterocycles. The maximum Gasteiger partial charge on any atom is 0.337 e. The number of nitrogens with zero attached hydrogens (tertiary/aromatic N) is 1. The van der Waals surface area contributed by atoms with Gasteiger partial charge < -0.3 is 9.47 Å². The number of ether oxygens (including phenoxy) is 2. The van der Waals surface area contributed by atoms with Gasteiger partial charge in [-0.3, -0.25) is 0 Å². The summed E-state index contributed by atoms with van der Waals surface area (Å²) in [7, 11) is 2.61. The summed E-state index contributed by atoms with van der Waals surface area (Å²) < 4.78 is 23.2. The quantitative estimate of drug-likeness (QED) is 0.621. The molecule has 0 aliphatic carbocycles. The first-order valence-corrected chi connectivity index (χ1v) is 5.37. The molecule has 1 aromatic heterocycles. The van der Waals surface area contributed by atoms with Gasteiger partial charge >= 0.3 is 5.97 Å². The van der Waals surface area contributed by atoms with E-state index in [0.29, 0.717) is 16.5 Å². The van der Waals surface area contributed by atoms with Crippen molar-refractivity contribution in [3.05, 3.63) is 34.7 Å². The highest BCUT2D eigenvalue weighted by Crippen LogP contribution is 2.31. The second-order valence-corrected chi connectivity index (χ2v) is 3.83. The molecule has 0 unspecified atom stereocenters. The van der Waals surface area contributed by atoms with Gasteiger partial charge in [-0.15, -0.1) is 0 Å². The van der Waals surface area contributed by atoms with Crippen LogP contribution in [0.3, 0.4) is 0 Å². The van der Waals surface area contributed by atoms with E-state index in [0.717, 1.165) is 0 Å². The van der Waals surface area contributed by atoms with E-state index in [9.17, 15) is 9.18 Å². The van der Waals surface area contributed by atoms with Crippen LogP contribution in [0.5, 0.6) is 5.75 Å². The Bertz CT molecular complexity index is 630. The minimum absolute atomic E-state index is 0.00131. The van der Waals surface area contributed by atoms with Gasteiger partial charge in [0.25, 0.3) is 0 Å². The second kappa shape index (κ2) is 4.78. The number of carbonyl (C=O) groups is 1. The van der Waals surface area contributed by atoms with Gasteiger partial charge in [0.15, 0.2) is 10.9 Å². The third-order valence-corrected chi connectivity index (χ3v) is 2.72. The van der Waals surface area contributed by atoms with Gasteiger partial charge in [0.05, 0.1) is 25.3 Å². The largest absolute Gasteiger partial charge is 0.493 e. The van der Waals surface area contributed by atoms with Crippen LogP contribution in [-0.4, -0.2) is 25.2 Å². The Labute approximate surface area is 107 Å². The molecule has 2 aromatic rings. The first kappa shape index (κ1) is 12.6. The summed E-state index contributed by atoms with van der Waals surface area (Å²) in [5.41, 5.74) is 0.670. The molecule has 0 radical (unpaired) electrons. The van der Waals surface area contributed by atoms with Crippen molar-refractivity contribution in [1.82, 2.24) is 4.98 Å². The summed E-state index contributed by atoms with van der Waals surface area (Å²) >= 11 is 5.66. The van der Waals surface area contributed by atoms with Crippen LogP contribution in [0.4, 0.5) is 4.39 Å². The fraction of sp³-hybridized carbons (Fsp3) is 0.167. The van der Waals surface area contributed by atoms with E-state index in [-0.39, 0.29) is 10.9 Å². The Morgan fingerprint density at radius 1 is 1.39 bits per heavy atom. The van der Waals surface area contributed by atoms with Gasteiger partial charge in [-0.2, -0.15) is 4.39 Å². The number of halogens is 2. The van der Waals surface area contributed by atoms with Crippen molar-refractivity contribution in [3.8, 4) is 5.75 Å². The summed E-state index contributed by atoms with van der Waals surface area (Å²) in [5.74, 6) is -1.22. The highest BCUT2D eigenvalue weighted by molar-refractivity contribution is 6.30. The lowest BCUT2D eigenvalue weighted by molar-refractivity contribution is 0.0601. The molecule has 0 aliphatic heterocycles. The van der Waals surface area contributed by atoms with Gasteiger partial charge in [0.2, 0.25) is 5.82 Å². The van der Waals surface area contributed by atoms with E-state index in [1.165, 1.54) is 32.4 Å². The van der Waals surface area contributed by atoms with E-state index in [1.807, 2.05) is 0 Å². The molecule has 0 saturated carbocycles. The maximum absolute atomic E-state index is 13.6. The first-order chi connectivity index (χ1) is 8.58. The number of aromatic nitrogens is 1. The lowest BCUT2D eigenvalue weighted by Crippen LogP contribution is -2.02. The fourth-order valence-electron chi connectivity index (χ4n) is 1.63. The molecule has 0 spiro atoms. The SMILES string of the molecule is COC(=O)c1ccc2c(OC)c(F)c(Cl)nc2c1. The minimum atomic E-state index is -0.725. The number of methoxy groups -OCH3 is 2. The number of carbonyl (C=O) groups excluding carboxylic acids is 1. The topological polar surface area (TPSA) is 48.4 Å². The molecule has 0 amide bonds. The van der Waals surface area contributed by atoms with E-state index in [1.54, 1.807) is 0 Å². The zero-order chi connectivity index (χ0) is 13.3. The van der Waals surface area contributed by atoms with Gasteiger partial charge in [-0.25, -0.2) is 9.78 Å². The maximum atomic E-state index is 13.6.